The van der Waals surface area contributed by atoms with Gasteiger partial charge in [0.2, 0.25) is 0 Å². The van der Waals surface area contributed by atoms with E-state index in [1.165, 1.54) is 37.4 Å². The smallest absolute Gasteiger partial charge is 0.321 e. The number of aromatic nitrogens is 2. The van der Waals surface area contributed by atoms with Crippen LogP contribution in [0.25, 0.3) is 11.1 Å². The van der Waals surface area contributed by atoms with Crippen molar-refractivity contribution in [2.45, 2.75) is 12.4 Å². The molecule has 1 amide bonds. The van der Waals surface area contributed by atoms with E-state index in [0.29, 0.717) is 0 Å². The molecular weight excluding hydrogens is 436 g/mol. The van der Waals surface area contributed by atoms with Crippen LogP contribution in [-0.2, 0) is 19.4 Å². The third kappa shape index (κ3) is 4.43. The molecule has 1 N–H and O–H groups in total. The molecule has 0 saturated carbocycles. The van der Waals surface area contributed by atoms with Crippen LogP contribution in [0, 0.1) is 0 Å². The SMILES string of the molecule is Cn1cc(C(=O)Nc2ccccc2-c2ccc(Cl)c(C(F)(F)F)c2)c(C(F)(F)F)n1. The number of alkyl halides is 6. The molecule has 11 heteroatoms. The summed E-state index contributed by atoms with van der Waals surface area (Å²) < 4.78 is 79.7. The van der Waals surface area contributed by atoms with Crippen molar-refractivity contribution >= 4 is 23.2 Å². The van der Waals surface area contributed by atoms with Gasteiger partial charge in [0.25, 0.3) is 5.91 Å². The van der Waals surface area contributed by atoms with Crippen LogP contribution in [0.5, 0.6) is 0 Å². The lowest BCUT2D eigenvalue weighted by atomic mass is 10.0. The molecule has 30 heavy (non-hydrogen) atoms. The van der Waals surface area contributed by atoms with Crippen LogP contribution in [0.3, 0.4) is 0 Å². The normalized spacial score (nSPS) is 12.1. The Hall–Kier alpha value is -3.01. The summed E-state index contributed by atoms with van der Waals surface area (Å²) in [6.45, 7) is 0. The molecule has 0 spiro atoms. The Labute approximate surface area is 171 Å². The summed E-state index contributed by atoms with van der Waals surface area (Å²) in [5.41, 5.74) is -2.89. The topological polar surface area (TPSA) is 46.9 Å². The summed E-state index contributed by atoms with van der Waals surface area (Å²) in [5, 5.41) is 5.08. The molecule has 0 fully saturated rings. The molecule has 2 aromatic carbocycles. The molecule has 0 bridgehead atoms. The lowest BCUT2D eigenvalue weighted by Gasteiger charge is -2.14. The van der Waals surface area contributed by atoms with E-state index < -0.39 is 40.1 Å². The number of carbonyl (C=O) groups excluding carboxylic acids is 1. The fraction of sp³-hybridized carbons (Fsp3) is 0.158. The van der Waals surface area contributed by atoms with Crippen LogP contribution in [-0.4, -0.2) is 15.7 Å². The largest absolute Gasteiger partial charge is 0.435 e. The van der Waals surface area contributed by atoms with Crippen molar-refractivity contribution in [2.24, 2.45) is 7.05 Å². The fourth-order valence-electron chi connectivity index (χ4n) is 2.81. The molecule has 1 heterocycles. The van der Waals surface area contributed by atoms with E-state index in [1.54, 1.807) is 0 Å². The zero-order chi connectivity index (χ0) is 22.3. The van der Waals surface area contributed by atoms with Gasteiger partial charge in [0.05, 0.1) is 16.1 Å². The number of aryl methyl sites for hydroxylation is 1. The number of carbonyl (C=O) groups is 1. The number of halogens is 7. The average molecular weight is 448 g/mol. The van der Waals surface area contributed by atoms with Crippen molar-refractivity contribution in [1.29, 1.82) is 0 Å². The van der Waals surface area contributed by atoms with Crippen molar-refractivity contribution in [3.63, 3.8) is 0 Å². The first-order valence-electron chi connectivity index (χ1n) is 8.26. The predicted octanol–water partition coefficient (Wildman–Crippen LogP) is 6.03. The first-order valence-corrected chi connectivity index (χ1v) is 8.64. The maximum absolute atomic E-state index is 13.2. The third-order valence-corrected chi connectivity index (χ3v) is 4.43. The zero-order valence-electron chi connectivity index (χ0n) is 15.1. The van der Waals surface area contributed by atoms with Gasteiger partial charge < -0.3 is 5.32 Å². The van der Waals surface area contributed by atoms with Gasteiger partial charge in [-0.05, 0) is 23.8 Å². The maximum Gasteiger partial charge on any atom is 0.435 e. The summed E-state index contributed by atoms with van der Waals surface area (Å²) in [6, 6.07) is 8.95. The zero-order valence-corrected chi connectivity index (χ0v) is 15.8. The molecule has 1 aromatic heterocycles. The molecule has 0 aliphatic heterocycles. The van der Waals surface area contributed by atoms with E-state index in [0.717, 1.165) is 23.0 Å². The number of benzene rings is 2. The van der Waals surface area contributed by atoms with Crippen molar-refractivity contribution < 1.29 is 31.1 Å². The quantitative estimate of drug-likeness (QED) is 0.498. The van der Waals surface area contributed by atoms with Crippen LogP contribution < -0.4 is 5.32 Å². The van der Waals surface area contributed by atoms with Crippen molar-refractivity contribution in [3.8, 4) is 11.1 Å². The molecule has 0 aliphatic carbocycles. The Kier molecular flexibility index (Phi) is 5.55. The summed E-state index contributed by atoms with van der Waals surface area (Å²) in [5.74, 6) is -1.10. The number of hydrogen-bond donors (Lipinski definition) is 1. The van der Waals surface area contributed by atoms with Gasteiger partial charge in [-0.15, -0.1) is 0 Å². The molecule has 3 rings (SSSR count). The fourth-order valence-corrected chi connectivity index (χ4v) is 3.03. The predicted molar refractivity (Wildman–Crippen MR) is 98.1 cm³/mol. The highest BCUT2D eigenvalue weighted by Crippen LogP contribution is 2.39. The Bertz CT molecular complexity index is 1100. The van der Waals surface area contributed by atoms with Gasteiger partial charge >= 0.3 is 12.4 Å². The molecule has 0 unspecified atom stereocenters. The van der Waals surface area contributed by atoms with Gasteiger partial charge in [-0.25, -0.2) is 0 Å². The molecule has 0 radical (unpaired) electrons. The Morgan fingerprint density at radius 2 is 1.70 bits per heavy atom. The molecular formula is C19H12ClF6N3O. The van der Waals surface area contributed by atoms with Gasteiger partial charge in [-0.3, -0.25) is 9.48 Å². The van der Waals surface area contributed by atoms with Crippen LogP contribution >= 0.6 is 11.6 Å². The number of nitrogens with one attached hydrogen (secondary N) is 1. The van der Waals surface area contributed by atoms with E-state index in [9.17, 15) is 31.1 Å². The standard InChI is InChI=1S/C19H12ClF6N3O/c1-29-9-12(16(28-29)19(24,25)26)17(30)27-15-5-3-2-4-11(15)10-6-7-14(20)13(8-10)18(21,22)23/h2-9H,1H3,(H,27,30). The van der Waals surface area contributed by atoms with E-state index >= 15 is 0 Å². The van der Waals surface area contributed by atoms with Crippen LogP contribution in [0.15, 0.2) is 48.7 Å². The second-order valence-corrected chi connectivity index (χ2v) is 6.66. The van der Waals surface area contributed by atoms with Crippen LogP contribution in [0.2, 0.25) is 5.02 Å². The Balaban J connectivity index is 2.01. The lowest BCUT2D eigenvalue weighted by molar-refractivity contribution is -0.141. The number of hydrogen-bond acceptors (Lipinski definition) is 2. The van der Waals surface area contributed by atoms with Crippen molar-refractivity contribution in [3.05, 3.63) is 70.5 Å². The van der Waals surface area contributed by atoms with Gasteiger partial charge in [0.1, 0.15) is 0 Å². The third-order valence-electron chi connectivity index (χ3n) is 4.10. The first kappa shape index (κ1) is 21.7. The minimum absolute atomic E-state index is 0.0231. The summed E-state index contributed by atoms with van der Waals surface area (Å²) in [6.07, 6.45) is -8.65. The van der Waals surface area contributed by atoms with Crippen LogP contribution in [0.1, 0.15) is 21.6 Å². The van der Waals surface area contributed by atoms with E-state index in [2.05, 4.69) is 10.4 Å². The Morgan fingerprint density at radius 1 is 1.03 bits per heavy atom. The van der Waals surface area contributed by atoms with Gasteiger partial charge in [0, 0.05) is 24.5 Å². The molecule has 158 valence electrons. The van der Waals surface area contributed by atoms with Crippen molar-refractivity contribution in [1.82, 2.24) is 9.78 Å². The second kappa shape index (κ2) is 7.67. The summed E-state index contributed by atoms with van der Waals surface area (Å²) in [7, 11) is 1.23. The molecule has 0 aliphatic rings. The highest BCUT2D eigenvalue weighted by Gasteiger charge is 2.39. The van der Waals surface area contributed by atoms with Crippen molar-refractivity contribution in [2.75, 3.05) is 5.32 Å². The van der Waals surface area contributed by atoms with E-state index in [1.807, 2.05) is 0 Å². The summed E-state index contributed by atoms with van der Waals surface area (Å²) >= 11 is 5.63. The number of amides is 1. The van der Waals surface area contributed by atoms with Gasteiger partial charge in [-0.2, -0.15) is 31.4 Å². The average Bonchev–Trinajstić information content (AvgIpc) is 3.04. The number of para-hydroxylation sites is 1. The van der Waals surface area contributed by atoms with E-state index in [4.69, 9.17) is 11.6 Å². The summed E-state index contributed by atoms with van der Waals surface area (Å²) in [4.78, 5) is 12.5. The Morgan fingerprint density at radius 3 is 2.33 bits per heavy atom. The number of nitrogens with zero attached hydrogens (tertiary/aromatic N) is 2. The molecule has 0 atom stereocenters. The van der Waals surface area contributed by atoms with Gasteiger partial charge in [0.15, 0.2) is 5.69 Å². The number of rotatable bonds is 3. The van der Waals surface area contributed by atoms with Gasteiger partial charge in [-0.1, -0.05) is 35.9 Å². The maximum atomic E-state index is 13.2. The highest BCUT2D eigenvalue weighted by atomic mass is 35.5. The van der Waals surface area contributed by atoms with E-state index in [-0.39, 0.29) is 16.8 Å². The second-order valence-electron chi connectivity index (χ2n) is 6.25. The minimum atomic E-state index is -4.86. The minimum Gasteiger partial charge on any atom is -0.321 e. The van der Waals surface area contributed by atoms with Crippen LogP contribution in [0.4, 0.5) is 32.0 Å². The first-order chi connectivity index (χ1) is 13.9. The monoisotopic (exact) mass is 447 g/mol. The molecule has 4 nitrogen and oxygen atoms in total. The highest BCUT2D eigenvalue weighted by molar-refractivity contribution is 6.31. The number of anilines is 1. The molecule has 3 aromatic rings. The lowest BCUT2D eigenvalue weighted by Crippen LogP contribution is -2.18. The molecule has 0 saturated heterocycles.